The maximum Gasteiger partial charge on any atom is 0.0687 e. The molecule has 2 rings (SSSR count). The van der Waals surface area contributed by atoms with Crippen molar-refractivity contribution in [3.8, 4) is 0 Å². The van der Waals surface area contributed by atoms with Crippen molar-refractivity contribution in [2.24, 2.45) is 0 Å². The minimum atomic E-state index is 0.0340. The maximum absolute atomic E-state index is 9.14. The highest BCUT2D eigenvalue weighted by molar-refractivity contribution is 5.88. The normalized spacial score (nSPS) is 10.7. The smallest absolute Gasteiger partial charge is 0.0687 e. The van der Waals surface area contributed by atoms with Crippen LogP contribution in [0.3, 0.4) is 0 Å². The van der Waals surface area contributed by atoms with E-state index < -0.39 is 0 Å². The summed E-state index contributed by atoms with van der Waals surface area (Å²) in [5.74, 6) is 0. The van der Waals surface area contributed by atoms with Crippen molar-refractivity contribution in [2.75, 3.05) is 0 Å². The third-order valence-corrected chi connectivity index (χ3v) is 2.44. The van der Waals surface area contributed by atoms with Gasteiger partial charge in [-0.15, -0.1) is 0 Å². The van der Waals surface area contributed by atoms with Gasteiger partial charge in [-0.05, 0) is 21.9 Å². The van der Waals surface area contributed by atoms with Crippen LogP contribution in [0.25, 0.3) is 10.8 Å². The summed E-state index contributed by atoms with van der Waals surface area (Å²) in [5.41, 5.74) is 1.80. The van der Waals surface area contributed by atoms with Crippen LogP contribution in [0.15, 0.2) is 36.4 Å². The van der Waals surface area contributed by atoms with Gasteiger partial charge >= 0.3 is 0 Å². The number of aliphatic hydroxyl groups is 2. The van der Waals surface area contributed by atoms with Crippen LogP contribution in [0.2, 0.25) is 0 Å². The first-order chi connectivity index (χ1) is 6.86. The molecule has 2 aromatic carbocycles. The monoisotopic (exact) mass is 188 g/mol. The summed E-state index contributed by atoms with van der Waals surface area (Å²) in [5, 5.41) is 20.3. The minimum absolute atomic E-state index is 0.0340. The average Bonchev–Trinajstić information content (AvgIpc) is 2.27. The fourth-order valence-corrected chi connectivity index (χ4v) is 1.72. The Morgan fingerprint density at radius 1 is 0.714 bits per heavy atom. The summed E-state index contributed by atoms with van der Waals surface area (Å²) < 4.78 is 0. The van der Waals surface area contributed by atoms with Crippen molar-refractivity contribution in [1.29, 1.82) is 0 Å². The van der Waals surface area contributed by atoms with Gasteiger partial charge in [-0.3, -0.25) is 0 Å². The molecule has 14 heavy (non-hydrogen) atoms. The van der Waals surface area contributed by atoms with E-state index in [9.17, 15) is 0 Å². The minimum Gasteiger partial charge on any atom is -0.392 e. The standard InChI is InChI=1S/C12H12O2/c13-7-9-3-1-5-11-10(8-14)4-2-6-12(9)11/h1-6,13-14H,7-8H2. The lowest BCUT2D eigenvalue weighted by atomic mass is 10.0. The lowest BCUT2D eigenvalue weighted by molar-refractivity contribution is 0.282. The third kappa shape index (κ3) is 1.39. The number of benzene rings is 2. The van der Waals surface area contributed by atoms with Gasteiger partial charge in [-0.25, -0.2) is 0 Å². The second-order valence-electron chi connectivity index (χ2n) is 3.25. The Kier molecular flexibility index (Phi) is 2.48. The molecule has 0 aliphatic carbocycles. The van der Waals surface area contributed by atoms with E-state index in [4.69, 9.17) is 10.2 Å². The van der Waals surface area contributed by atoms with Crippen molar-refractivity contribution < 1.29 is 10.2 Å². The van der Waals surface area contributed by atoms with Gasteiger partial charge in [0.2, 0.25) is 0 Å². The molecule has 0 saturated carbocycles. The molecule has 0 unspecified atom stereocenters. The molecule has 0 atom stereocenters. The van der Waals surface area contributed by atoms with E-state index in [1.807, 2.05) is 36.4 Å². The van der Waals surface area contributed by atoms with E-state index in [0.717, 1.165) is 21.9 Å². The van der Waals surface area contributed by atoms with Crippen molar-refractivity contribution in [3.63, 3.8) is 0 Å². The molecule has 72 valence electrons. The molecule has 0 heterocycles. The second-order valence-corrected chi connectivity index (χ2v) is 3.25. The van der Waals surface area contributed by atoms with Gasteiger partial charge in [-0.1, -0.05) is 36.4 Å². The van der Waals surface area contributed by atoms with Crippen molar-refractivity contribution in [3.05, 3.63) is 47.5 Å². The summed E-state index contributed by atoms with van der Waals surface area (Å²) in [6.45, 7) is 0.0679. The first-order valence-corrected chi connectivity index (χ1v) is 4.58. The first-order valence-electron chi connectivity index (χ1n) is 4.58. The molecule has 0 radical (unpaired) electrons. The van der Waals surface area contributed by atoms with Crippen LogP contribution in [0.1, 0.15) is 11.1 Å². The van der Waals surface area contributed by atoms with Gasteiger partial charge in [0.15, 0.2) is 0 Å². The predicted octanol–water partition coefficient (Wildman–Crippen LogP) is 1.82. The van der Waals surface area contributed by atoms with Gasteiger partial charge in [-0.2, -0.15) is 0 Å². The molecule has 0 spiro atoms. The van der Waals surface area contributed by atoms with E-state index in [1.165, 1.54) is 0 Å². The molecular weight excluding hydrogens is 176 g/mol. The van der Waals surface area contributed by atoms with E-state index in [-0.39, 0.29) is 13.2 Å². The zero-order valence-corrected chi connectivity index (χ0v) is 7.77. The Labute approximate surface area is 82.4 Å². The van der Waals surface area contributed by atoms with Crippen molar-refractivity contribution in [2.45, 2.75) is 13.2 Å². The van der Waals surface area contributed by atoms with E-state index in [2.05, 4.69) is 0 Å². The molecule has 0 aliphatic heterocycles. The predicted molar refractivity (Wildman–Crippen MR) is 55.8 cm³/mol. The van der Waals surface area contributed by atoms with Gasteiger partial charge in [0.05, 0.1) is 13.2 Å². The fraction of sp³-hybridized carbons (Fsp3) is 0.167. The lowest BCUT2D eigenvalue weighted by Gasteiger charge is -2.06. The number of hydrogen-bond donors (Lipinski definition) is 2. The highest BCUT2D eigenvalue weighted by Crippen LogP contribution is 2.22. The number of rotatable bonds is 2. The Bertz CT molecular complexity index is 406. The van der Waals surface area contributed by atoms with E-state index in [0.29, 0.717) is 0 Å². The lowest BCUT2D eigenvalue weighted by Crippen LogP contribution is -1.89. The van der Waals surface area contributed by atoms with Gasteiger partial charge in [0.25, 0.3) is 0 Å². The Balaban J connectivity index is 2.77. The molecular formula is C12H12O2. The highest BCUT2D eigenvalue weighted by Gasteiger charge is 2.02. The fourth-order valence-electron chi connectivity index (χ4n) is 1.72. The maximum atomic E-state index is 9.14. The largest absolute Gasteiger partial charge is 0.392 e. The van der Waals surface area contributed by atoms with Crippen LogP contribution in [-0.4, -0.2) is 10.2 Å². The average molecular weight is 188 g/mol. The molecule has 0 aliphatic rings. The summed E-state index contributed by atoms with van der Waals surface area (Å²) in [6, 6.07) is 11.5. The van der Waals surface area contributed by atoms with Crippen molar-refractivity contribution >= 4 is 10.8 Å². The summed E-state index contributed by atoms with van der Waals surface area (Å²) in [6.07, 6.45) is 0. The zero-order valence-electron chi connectivity index (χ0n) is 7.77. The molecule has 2 N–H and O–H groups in total. The van der Waals surface area contributed by atoms with E-state index in [1.54, 1.807) is 0 Å². The van der Waals surface area contributed by atoms with Gasteiger partial charge in [0.1, 0.15) is 0 Å². The van der Waals surface area contributed by atoms with Crippen LogP contribution >= 0.6 is 0 Å². The molecule has 0 bridgehead atoms. The van der Waals surface area contributed by atoms with E-state index >= 15 is 0 Å². The molecule has 0 amide bonds. The molecule has 2 nitrogen and oxygen atoms in total. The zero-order chi connectivity index (χ0) is 9.97. The molecule has 0 aromatic heterocycles. The van der Waals surface area contributed by atoms with Crippen LogP contribution in [0, 0.1) is 0 Å². The van der Waals surface area contributed by atoms with Crippen LogP contribution in [0.4, 0.5) is 0 Å². The Morgan fingerprint density at radius 2 is 1.14 bits per heavy atom. The quantitative estimate of drug-likeness (QED) is 0.754. The van der Waals surface area contributed by atoms with Gasteiger partial charge < -0.3 is 10.2 Å². The molecule has 0 fully saturated rings. The third-order valence-electron chi connectivity index (χ3n) is 2.44. The number of fused-ring (bicyclic) bond motifs is 1. The van der Waals surface area contributed by atoms with Crippen molar-refractivity contribution in [1.82, 2.24) is 0 Å². The summed E-state index contributed by atoms with van der Waals surface area (Å²) in [4.78, 5) is 0. The van der Waals surface area contributed by atoms with Crippen LogP contribution < -0.4 is 0 Å². The Hall–Kier alpha value is -1.38. The van der Waals surface area contributed by atoms with Gasteiger partial charge in [0, 0.05) is 0 Å². The Morgan fingerprint density at radius 3 is 1.50 bits per heavy atom. The second kappa shape index (κ2) is 3.78. The molecule has 2 heteroatoms. The van der Waals surface area contributed by atoms with Crippen LogP contribution in [0.5, 0.6) is 0 Å². The highest BCUT2D eigenvalue weighted by atomic mass is 16.3. The van der Waals surface area contributed by atoms with Crippen LogP contribution in [-0.2, 0) is 13.2 Å². The first kappa shape index (κ1) is 9.19. The number of aliphatic hydroxyl groups excluding tert-OH is 2. The SMILES string of the molecule is OCc1cccc2c(CO)cccc12. The number of hydrogen-bond acceptors (Lipinski definition) is 2. The summed E-state index contributed by atoms with van der Waals surface area (Å²) in [7, 11) is 0. The molecule has 2 aromatic rings. The topological polar surface area (TPSA) is 40.5 Å². The summed E-state index contributed by atoms with van der Waals surface area (Å²) >= 11 is 0. The molecule has 0 saturated heterocycles.